The normalized spacial score (nSPS) is 17.8. The van der Waals surface area contributed by atoms with Crippen LogP contribution in [0.25, 0.3) is 0 Å². The summed E-state index contributed by atoms with van der Waals surface area (Å²) in [7, 11) is 1.98. The van der Waals surface area contributed by atoms with Crippen molar-refractivity contribution >= 4 is 11.6 Å². The van der Waals surface area contributed by atoms with Crippen molar-refractivity contribution in [3.63, 3.8) is 0 Å². The molecule has 3 heteroatoms. The van der Waals surface area contributed by atoms with Crippen LogP contribution in [-0.2, 0) is 6.42 Å². The second kappa shape index (κ2) is 5.83. The molecule has 94 valence electrons. The average Bonchev–Trinajstić information content (AvgIpc) is 2.26. The van der Waals surface area contributed by atoms with E-state index in [0.717, 1.165) is 17.9 Å². The number of nitrogens with one attached hydrogen (secondary N) is 1. The highest BCUT2D eigenvalue weighted by molar-refractivity contribution is 6.30. The highest BCUT2D eigenvalue weighted by Crippen LogP contribution is 2.31. The zero-order valence-electron chi connectivity index (χ0n) is 10.2. The minimum atomic E-state index is -0.317. The first-order valence-corrected chi connectivity index (χ1v) is 6.68. The summed E-state index contributed by atoms with van der Waals surface area (Å²) < 4.78 is 13.3. The van der Waals surface area contributed by atoms with Gasteiger partial charge in [0.05, 0.1) is 5.02 Å². The fourth-order valence-corrected chi connectivity index (χ4v) is 2.50. The topological polar surface area (TPSA) is 12.0 Å². The standard InChI is InChI=1S/C14H19ClFN/c1-17-12(7-10-3-2-4-10)8-11-5-6-13(15)14(16)9-11/h5-6,9-10,12,17H,2-4,7-8H2,1H3. The molecule has 1 aromatic carbocycles. The van der Waals surface area contributed by atoms with E-state index in [2.05, 4.69) is 5.32 Å². The van der Waals surface area contributed by atoms with Gasteiger partial charge < -0.3 is 5.32 Å². The van der Waals surface area contributed by atoms with Gasteiger partial charge >= 0.3 is 0 Å². The lowest BCUT2D eigenvalue weighted by molar-refractivity contribution is 0.263. The molecule has 1 aliphatic rings. The maximum Gasteiger partial charge on any atom is 0.142 e. The van der Waals surface area contributed by atoms with Crippen LogP contribution in [0.2, 0.25) is 5.02 Å². The van der Waals surface area contributed by atoms with E-state index in [0.29, 0.717) is 6.04 Å². The van der Waals surface area contributed by atoms with Gasteiger partial charge in [0.15, 0.2) is 0 Å². The maximum absolute atomic E-state index is 13.3. The second-order valence-electron chi connectivity index (χ2n) is 4.97. The van der Waals surface area contributed by atoms with Crippen molar-refractivity contribution in [3.8, 4) is 0 Å². The highest BCUT2D eigenvalue weighted by atomic mass is 35.5. The summed E-state index contributed by atoms with van der Waals surface area (Å²) >= 11 is 5.68. The Morgan fingerprint density at radius 3 is 2.76 bits per heavy atom. The lowest BCUT2D eigenvalue weighted by Crippen LogP contribution is -2.32. The molecule has 0 saturated heterocycles. The molecule has 1 N–H and O–H groups in total. The van der Waals surface area contributed by atoms with Gasteiger partial charge in [-0.1, -0.05) is 36.9 Å². The third-order valence-electron chi connectivity index (χ3n) is 3.72. The van der Waals surface area contributed by atoms with E-state index in [4.69, 9.17) is 11.6 Å². The summed E-state index contributed by atoms with van der Waals surface area (Å²) in [6.45, 7) is 0. The number of rotatable bonds is 5. The van der Waals surface area contributed by atoms with E-state index in [9.17, 15) is 4.39 Å². The van der Waals surface area contributed by atoms with Gasteiger partial charge in [-0.05, 0) is 43.5 Å². The second-order valence-corrected chi connectivity index (χ2v) is 5.38. The van der Waals surface area contributed by atoms with Gasteiger partial charge in [-0.15, -0.1) is 0 Å². The molecule has 1 fully saturated rings. The molecule has 1 aliphatic carbocycles. The molecule has 0 spiro atoms. The van der Waals surface area contributed by atoms with E-state index in [1.165, 1.54) is 25.7 Å². The molecule has 2 rings (SSSR count). The molecular weight excluding hydrogens is 237 g/mol. The molecule has 1 unspecified atom stereocenters. The van der Waals surface area contributed by atoms with E-state index in [1.54, 1.807) is 12.1 Å². The molecule has 1 aromatic rings. The first-order chi connectivity index (χ1) is 8.19. The molecule has 1 atom stereocenters. The van der Waals surface area contributed by atoms with Crippen molar-refractivity contribution in [2.75, 3.05) is 7.05 Å². The van der Waals surface area contributed by atoms with Crippen molar-refractivity contribution in [1.29, 1.82) is 0 Å². The Labute approximate surface area is 107 Å². The van der Waals surface area contributed by atoms with Gasteiger partial charge in [-0.25, -0.2) is 4.39 Å². The van der Waals surface area contributed by atoms with Crippen molar-refractivity contribution in [2.45, 2.75) is 38.1 Å². The lowest BCUT2D eigenvalue weighted by atomic mass is 9.80. The molecular formula is C14H19ClFN. The van der Waals surface area contributed by atoms with Crippen LogP contribution in [0, 0.1) is 11.7 Å². The smallest absolute Gasteiger partial charge is 0.142 e. The quantitative estimate of drug-likeness (QED) is 0.844. The van der Waals surface area contributed by atoms with Crippen LogP contribution < -0.4 is 5.32 Å². The Hall–Kier alpha value is -0.600. The summed E-state index contributed by atoms with van der Waals surface area (Å²) in [6, 6.07) is 5.55. The average molecular weight is 256 g/mol. The SMILES string of the molecule is CNC(Cc1ccc(Cl)c(F)c1)CC1CCC1. The minimum absolute atomic E-state index is 0.203. The van der Waals surface area contributed by atoms with E-state index >= 15 is 0 Å². The van der Waals surface area contributed by atoms with E-state index in [1.807, 2.05) is 13.1 Å². The van der Waals surface area contributed by atoms with E-state index < -0.39 is 0 Å². The van der Waals surface area contributed by atoms with Crippen molar-refractivity contribution < 1.29 is 4.39 Å². The number of hydrogen-bond donors (Lipinski definition) is 1. The van der Waals surface area contributed by atoms with Crippen molar-refractivity contribution in [3.05, 3.63) is 34.6 Å². The predicted molar refractivity (Wildman–Crippen MR) is 69.9 cm³/mol. The van der Waals surface area contributed by atoms with Crippen LogP contribution in [0.1, 0.15) is 31.2 Å². The largest absolute Gasteiger partial charge is 0.317 e. The van der Waals surface area contributed by atoms with Crippen LogP contribution in [0.15, 0.2) is 18.2 Å². The third-order valence-corrected chi connectivity index (χ3v) is 4.02. The Bertz CT molecular complexity index is 376. The molecule has 0 radical (unpaired) electrons. The van der Waals surface area contributed by atoms with Crippen LogP contribution in [-0.4, -0.2) is 13.1 Å². The molecule has 0 amide bonds. The Balaban J connectivity index is 1.94. The molecule has 17 heavy (non-hydrogen) atoms. The Kier molecular flexibility index (Phi) is 4.41. The molecule has 0 aromatic heterocycles. The maximum atomic E-state index is 13.3. The fraction of sp³-hybridized carbons (Fsp3) is 0.571. The first kappa shape index (κ1) is 12.8. The lowest BCUT2D eigenvalue weighted by Gasteiger charge is -2.29. The number of hydrogen-bond acceptors (Lipinski definition) is 1. The van der Waals surface area contributed by atoms with Gasteiger partial charge in [0.1, 0.15) is 5.82 Å². The van der Waals surface area contributed by atoms with Crippen LogP contribution in [0.5, 0.6) is 0 Å². The summed E-state index contributed by atoms with van der Waals surface area (Å²) in [4.78, 5) is 0. The highest BCUT2D eigenvalue weighted by Gasteiger charge is 2.21. The number of halogens is 2. The molecule has 0 bridgehead atoms. The summed E-state index contributed by atoms with van der Waals surface area (Å²) in [5.74, 6) is 0.548. The van der Waals surface area contributed by atoms with Crippen molar-refractivity contribution in [1.82, 2.24) is 5.32 Å². The Morgan fingerprint density at radius 1 is 1.47 bits per heavy atom. The van der Waals surface area contributed by atoms with Crippen LogP contribution in [0.3, 0.4) is 0 Å². The van der Waals surface area contributed by atoms with Gasteiger partial charge in [0.25, 0.3) is 0 Å². The molecule has 1 nitrogen and oxygen atoms in total. The predicted octanol–water partition coefficient (Wildman–Crippen LogP) is 3.80. The number of benzene rings is 1. The summed E-state index contributed by atoms with van der Waals surface area (Å²) in [5, 5.41) is 3.53. The third kappa shape index (κ3) is 3.43. The van der Waals surface area contributed by atoms with Crippen LogP contribution >= 0.6 is 11.6 Å². The fourth-order valence-electron chi connectivity index (χ4n) is 2.39. The van der Waals surface area contributed by atoms with E-state index in [-0.39, 0.29) is 10.8 Å². The Morgan fingerprint density at radius 2 is 2.24 bits per heavy atom. The summed E-state index contributed by atoms with van der Waals surface area (Å²) in [6.07, 6.45) is 6.15. The molecule has 1 saturated carbocycles. The van der Waals surface area contributed by atoms with Gasteiger partial charge in [-0.2, -0.15) is 0 Å². The zero-order chi connectivity index (χ0) is 12.3. The minimum Gasteiger partial charge on any atom is -0.317 e. The number of likely N-dealkylation sites (N-methyl/N-ethyl adjacent to an activating group) is 1. The summed E-state index contributed by atoms with van der Waals surface area (Å²) in [5.41, 5.74) is 1.02. The van der Waals surface area contributed by atoms with Crippen LogP contribution in [0.4, 0.5) is 4.39 Å². The zero-order valence-corrected chi connectivity index (χ0v) is 10.9. The molecule has 0 heterocycles. The monoisotopic (exact) mass is 255 g/mol. The van der Waals surface area contributed by atoms with Gasteiger partial charge in [0, 0.05) is 6.04 Å². The van der Waals surface area contributed by atoms with Crippen molar-refractivity contribution in [2.24, 2.45) is 5.92 Å². The van der Waals surface area contributed by atoms with Gasteiger partial charge in [0.2, 0.25) is 0 Å². The van der Waals surface area contributed by atoms with Gasteiger partial charge in [-0.3, -0.25) is 0 Å². The first-order valence-electron chi connectivity index (χ1n) is 6.30. The molecule has 0 aliphatic heterocycles.